The molecule has 1 aromatic carbocycles. The van der Waals surface area contributed by atoms with E-state index in [4.69, 9.17) is 0 Å². The minimum absolute atomic E-state index is 0.0146. The highest BCUT2D eigenvalue weighted by molar-refractivity contribution is 9.10. The Morgan fingerprint density at radius 1 is 1.40 bits per heavy atom. The lowest BCUT2D eigenvalue weighted by atomic mass is 10.2. The number of hydrogen-bond acceptors (Lipinski definition) is 4. The van der Waals surface area contributed by atoms with E-state index in [2.05, 4.69) is 32.4 Å². The molecule has 0 aliphatic heterocycles. The van der Waals surface area contributed by atoms with Gasteiger partial charge in [-0.3, -0.25) is 4.79 Å². The monoisotopic (exact) mass is 353 g/mol. The van der Waals surface area contributed by atoms with Gasteiger partial charge in [0.25, 0.3) is 5.91 Å². The van der Waals surface area contributed by atoms with Gasteiger partial charge in [0.15, 0.2) is 0 Å². The first kappa shape index (κ1) is 15.1. The number of carbonyl (C=O) groups excluding carboxylic acids is 1. The van der Waals surface area contributed by atoms with E-state index >= 15 is 0 Å². The Morgan fingerprint density at radius 3 is 2.85 bits per heavy atom. The van der Waals surface area contributed by atoms with Crippen LogP contribution >= 0.6 is 27.5 Å². The van der Waals surface area contributed by atoms with E-state index in [1.54, 1.807) is 11.9 Å². The van der Waals surface area contributed by atoms with Crippen LogP contribution in [-0.4, -0.2) is 27.4 Å². The maximum Gasteiger partial charge on any atom is 0.267 e. The van der Waals surface area contributed by atoms with Crippen LogP contribution in [0.1, 0.15) is 34.3 Å². The van der Waals surface area contributed by atoms with Crippen LogP contribution in [0.4, 0.5) is 0 Å². The number of carbonyl (C=O) groups is 1. The molecular weight excluding hydrogens is 338 g/mol. The fourth-order valence-electron chi connectivity index (χ4n) is 1.90. The standard InChI is InChI=1S/C14H16BrN3OS/c1-3-6-12-13(20-17-16-12)14(19)18(2)9-10-7-4-5-8-11(10)15/h4-5,7-8H,3,6,9H2,1-2H3. The molecular formula is C14H16BrN3OS. The van der Waals surface area contributed by atoms with E-state index in [9.17, 15) is 4.79 Å². The summed E-state index contributed by atoms with van der Waals surface area (Å²) < 4.78 is 4.91. The van der Waals surface area contributed by atoms with Crippen molar-refractivity contribution in [3.8, 4) is 0 Å². The highest BCUT2D eigenvalue weighted by Gasteiger charge is 2.20. The number of rotatable bonds is 5. The van der Waals surface area contributed by atoms with Gasteiger partial charge in [-0.25, -0.2) is 0 Å². The molecule has 0 radical (unpaired) electrons. The molecule has 0 saturated carbocycles. The van der Waals surface area contributed by atoms with Crippen LogP contribution < -0.4 is 0 Å². The highest BCUT2D eigenvalue weighted by atomic mass is 79.9. The number of amides is 1. The predicted molar refractivity (Wildman–Crippen MR) is 83.8 cm³/mol. The zero-order valence-corrected chi connectivity index (χ0v) is 13.9. The van der Waals surface area contributed by atoms with Crippen LogP contribution in [0, 0.1) is 0 Å². The number of nitrogens with zero attached hydrogens (tertiary/aromatic N) is 3. The largest absolute Gasteiger partial charge is 0.337 e. The number of aromatic nitrogens is 2. The molecule has 0 aliphatic rings. The van der Waals surface area contributed by atoms with Crippen molar-refractivity contribution in [3.63, 3.8) is 0 Å². The van der Waals surface area contributed by atoms with E-state index in [-0.39, 0.29) is 5.91 Å². The van der Waals surface area contributed by atoms with Crippen LogP contribution in [0.5, 0.6) is 0 Å². The van der Waals surface area contributed by atoms with Gasteiger partial charge >= 0.3 is 0 Å². The van der Waals surface area contributed by atoms with Crippen LogP contribution in [0.2, 0.25) is 0 Å². The molecule has 0 aliphatic carbocycles. The molecule has 0 saturated heterocycles. The van der Waals surface area contributed by atoms with Crippen LogP contribution in [0.3, 0.4) is 0 Å². The van der Waals surface area contributed by atoms with E-state index < -0.39 is 0 Å². The minimum Gasteiger partial charge on any atom is -0.337 e. The average Bonchev–Trinajstić information content (AvgIpc) is 2.89. The third-order valence-corrected chi connectivity index (χ3v) is 4.48. The summed E-state index contributed by atoms with van der Waals surface area (Å²) >= 11 is 4.68. The summed E-state index contributed by atoms with van der Waals surface area (Å²) in [7, 11) is 1.80. The normalized spacial score (nSPS) is 10.6. The first-order chi connectivity index (χ1) is 9.63. The average molecular weight is 354 g/mol. The molecule has 1 amide bonds. The van der Waals surface area contributed by atoms with Crippen LogP contribution in [0.15, 0.2) is 28.7 Å². The molecule has 0 atom stereocenters. The molecule has 0 spiro atoms. The topological polar surface area (TPSA) is 46.1 Å². The van der Waals surface area contributed by atoms with Crippen molar-refractivity contribution in [2.24, 2.45) is 0 Å². The van der Waals surface area contributed by atoms with Gasteiger partial charge in [-0.1, -0.05) is 52.0 Å². The Balaban J connectivity index is 2.13. The molecule has 106 valence electrons. The molecule has 0 fully saturated rings. The Bertz CT molecular complexity index is 600. The van der Waals surface area contributed by atoms with Crippen molar-refractivity contribution >= 4 is 33.4 Å². The molecule has 0 unspecified atom stereocenters. The van der Waals surface area contributed by atoms with E-state index in [1.807, 2.05) is 24.3 Å². The van der Waals surface area contributed by atoms with Crippen LogP contribution in [0.25, 0.3) is 0 Å². The third-order valence-electron chi connectivity index (χ3n) is 2.95. The lowest BCUT2D eigenvalue weighted by Gasteiger charge is -2.17. The van der Waals surface area contributed by atoms with Gasteiger partial charge in [-0.2, -0.15) is 0 Å². The molecule has 2 aromatic rings. The predicted octanol–water partition coefficient (Wildman–Crippen LogP) is 3.53. The quantitative estimate of drug-likeness (QED) is 0.825. The first-order valence-electron chi connectivity index (χ1n) is 6.43. The number of halogens is 1. The highest BCUT2D eigenvalue weighted by Crippen LogP contribution is 2.20. The molecule has 4 nitrogen and oxygen atoms in total. The van der Waals surface area contributed by atoms with E-state index in [0.29, 0.717) is 11.4 Å². The van der Waals surface area contributed by atoms with E-state index in [1.165, 1.54) is 11.5 Å². The van der Waals surface area contributed by atoms with Gasteiger partial charge in [-0.15, -0.1) is 5.10 Å². The Morgan fingerprint density at radius 2 is 2.15 bits per heavy atom. The number of aryl methyl sites for hydroxylation is 1. The van der Waals surface area contributed by atoms with Gasteiger partial charge in [-0.05, 0) is 29.6 Å². The second-order valence-electron chi connectivity index (χ2n) is 4.55. The van der Waals surface area contributed by atoms with Gasteiger partial charge in [0, 0.05) is 18.1 Å². The second-order valence-corrected chi connectivity index (χ2v) is 6.16. The summed E-state index contributed by atoms with van der Waals surface area (Å²) in [5, 5.41) is 4.05. The summed E-state index contributed by atoms with van der Waals surface area (Å²) in [6, 6.07) is 7.91. The van der Waals surface area contributed by atoms with Crippen molar-refractivity contribution in [1.29, 1.82) is 0 Å². The molecule has 1 heterocycles. The van der Waals surface area contributed by atoms with Crippen molar-refractivity contribution in [1.82, 2.24) is 14.5 Å². The summed E-state index contributed by atoms with van der Waals surface area (Å²) in [5.74, 6) is -0.0146. The van der Waals surface area contributed by atoms with Gasteiger partial charge in [0.2, 0.25) is 0 Å². The second kappa shape index (κ2) is 6.95. The molecule has 1 aromatic heterocycles. The molecule has 0 bridgehead atoms. The van der Waals surface area contributed by atoms with Crippen molar-refractivity contribution in [3.05, 3.63) is 44.9 Å². The van der Waals surface area contributed by atoms with Crippen molar-refractivity contribution in [2.75, 3.05) is 7.05 Å². The number of hydrogen-bond donors (Lipinski definition) is 0. The van der Waals surface area contributed by atoms with Gasteiger partial charge < -0.3 is 4.90 Å². The smallest absolute Gasteiger partial charge is 0.267 e. The van der Waals surface area contributed by atoms with Gasteiger partial charge in [0.1, 0.15) is 4.88 Å². The van der Waals surface area contributed by atoms with Crippen molar-refractivity contribution < 1.29 is 4.79 Å². The molecule has 0 N–H and O–H groups in total. The molecule has 20 heavy (non-hydrogen) atoms. The summed E-state index contributed by atoms with van der Waals surface area (Å²) in [5.41, 5.74) is 1.89. The Kier molecular flexibility index (Phi) is 5.25. The molecule has 6 heteroatoms. The maximum absolute atomic E-state index is 12.5. The SMILES string of the molecule is CCCc1nnsc1C(=O)N(C)Cc1ccccc1Br. The fraction of sp³-hybridized carbons (Fsp3) is 0.357. The lowest BCUT2D eigenvalue weighted by Crippen LogP contribution is -2.26. The van der Waals surface area contributed by atoms with E-state index in [0.717, 1.165) is 28.6 Å². The zero-order valence-electron chi connectivity index (χ0n) is 11.5. The zero-order chi connectivity index (χ0) is 14.5. The lowest BCUT2D eigenvalue weighted by molar-refractivity contribution is 0.0788. The van der Waals surface area contributed by atoms with Gasteiger partial charge in [0.05, 0.1) is 5.69 Å². The maximum atomic E-state index is 12.5. The van der Waals surface area contributed by atoms with Crippen LogP contribution in [-0.2, 0) is 13.0 Å². The Hall–Kier alpha value is -1.27. The minimum atomic E-state index is -0.0146. The Labute approximate surface area is 131 Å². The molecule has 2 rings (SSSR count). The fourth-order valence-corrected chi connectivity index (χ4v) is 3.01. The first-order valence-corrected chi connectivity index (χ1v) is 8.00. The third kappa shape index (κ3) is 3.43. The summed E-state index contributed by atoms with van der Waals surface area (Å²) in [4.78, 5) is 14.8. The summed E-state index contributed by atoms with van der Waals surface area (Å²) in [6.07, 6.45) is 1.75. The summed E-state index contributed by atoms with van der Waals surface area (Å²) in [6.45, 7) is 2.63. The van der Waals surface area contributed by atoms with Crippen molar-refractivity contribution in [2.45, 2.75) is 26.3 Å². The number of benzene rings is 1.